The molecule has 0 aliphatic carbocycles. The summed E-state index contributed by atoms with van der Waals surface area (Å²) in [4.78, 5) is 0. The van der Waals surface area contributed by atoms with Crippen LogP contribution in [0.15, 0.2) is 0 Å². The Morgan fingerprint density at radius 2 is 1.00 bits per heavy atom. The molecule has 0 unspecified atom stereocenters. The number of hydrogen-bond donors (Lipinski definition) is 0. The van der Waals surface area contributed by atoms with Crippen molar-refractivity contribution < 1.29 is 33.3 Å². The number of hydrogen-bond acceptors (Lipinski definition) is 0. The molecular weight excluding hydrogens is 157 g/mol. The van der Waals surface area contributed by atoms with E-state index < -0.39 is 0 Å². The van der Waals surface area contributed by atoms with Crippen molar-refractivity contribution in [2.24, 2.45) is 0 Å². The second kappa shape index (κ2) is 24.1. The molecule has 0 atom stereocenters. The molecule has 1 radical (unpaired) electrons. The molecule has 0 nitrogen and oxygen atoms in total. The fourth-order valence-electron chi connectivity index (χ4n) is 0. The van der Waals surface area contributed by atoms with Crippen LogP contribution in [0.3, 0.4) is 0 Å². The van der Waals surface area contributed by atoms with E-state index in [0.717, 1.165) is 0 Å². The van der Waals surface area contributed by atoms with Gasteiger partial charge in [-0.15, -0.1) is 0 Å². The maximum atomic E-state index is 0. The summed E-state index contributed by atoms with van der Waals surface area (Å²) in [5.74, 6) is 0. The molecule has 0 aromatic carbocycles. The largest absolute Gasteiger partial charge is 0.358 e. The SMILES string of the molecule is [AlH3].[CH3-].[Co].[Ni]. The zero-order valence-electron chi connectivity index (χ0n) is 1.65. The molecule has 4 heavy (non-hydrogen) atoms. The normalized spacial score (nSPS) is 0. The Labute approximate surface area is 58.0 Å². The van der Waals surface area contributed by atoms with E-state index >= 15 is 0 Å². The summed E-state index contributed by atoms with van der Waals surface area (Å²) in [7, 11) is 0. The average Bonchev–Trinajstić information content (AvgIpc) is 0. The molecule has 0 bridgehead atoms. The van der Waals surface area contributed by atoms with Crippen molar-refractivity contribution in [3.63, 3.8) is 0 Å². The van der Waals surface area contributed by atoms with Crippen molar-refractivity contribution in [3.8, 4) is 0 Å². The Kier molecular flexibility index (Phi) is 291. The zero-order chi connectivity index (χ0) is 0. The van der Waals surface area contributed by atoms with Gasteiger partial charge in [-0.05, 0) is 0 Å². The van der Waals surface area contributed by atoms with Crippen molar-refractivity contribution in [2.75, 3.05) is 0 Å². The predicted molar refractivity (Wildman–Crippen MR) is 16.4 cm³/mol. The quantitative estimate of drug-likeness (QED) is 0.325. The third-order valence-corrected chi connectivity index (χ3v) is 0. The van der Waals surface area contributed by atoms with E-state index in [2.05, 4.69) is 0 Å². The van der Waals surface area contributed by atoms with E-state index in [1.165, 1.54) is 0 Å². The van der Waals surface area contributed by atoms with Gasteiger partial charge in [-0.3, -0.25) is 0 Å². The first-order valence-electron chi connectivity index (χ1n) is 0. The molecule has 33 valence electrons. The van der Waals surface area contributed by atoms with Crippen LogP contribution >= 0.6 is 0 Å². The molecule has 0 heterocycles. The molecule has 0 aromatic rings. The maximum absolute atomic E-state index is 0. The summed E-state index contributed by atoms with van der Waals surface area (Å²) in [6.07, 6.45) is 0. The molecule has 0 rings (SSSR count). The van der Waals surface area contributed by atoms with Gasteiger partial charge in [0.25, 0.3) is 0 Å². The Hall–Kier alpha value is 1.53. The van der Waals surface area contributed by atoms with Crippen molar-refractivity contribution >= 4 is 17.4 Å². The molecule has 0 spiro atoms. The van der Waals surface area contributed by atoms with Crippen molar-refractivity contribution in [1.29, 1.82) is 0 Å². The van der Waals surface area contributed by atoms with E-state index in [9.17, 15) is 0 Å². The molecule has 3 heteroatoms. The van der Waals surface area contributed by atoms with E-state index in [-0.39, 0.29) is 58.1 Å². The van der Waals surface area contributed by atoms with Crippen molar-refractivity contribution in [2.45, 2.75) is 0 Å². The summed E-state index contributed by atoms with van der Waals surface area (Å²) in [5.41, 5.74) is 0. The Morgan fingerprint density at radius 1 is 1.00 bits per heavy atom. The van der Waals surface area contributed by atoms with Crippen LogP contribution in [0.25, 0.3) is 0 Å². The monoisotopic (exact) mass is 162 g/mol. The maximum Gasteiger partial charge on any atom is 0.187 e. The standard InChI is InChI=1S/CH3.Al.Co.Ni.3H/h1H3;;;;;;/q-1;;;;;;. The topological polar surface area (TPSA) is 0 Å². The van der Waals surface area contributed by atoms with Crippen LogP contribution in [0.1, 0.15) is 0 Å². The second-order valence-corrected chi connectivity index (χ2v) is 0. The summed E-state index contributed by atoms with van der Waals surface area (Å²) in [6, 6.07) is 0. The van der Waals surface area contributed by atoms with Gasteiger partial charge in [0.1, 0.15) is 0 Å². The summed E-state index contributed by atoms with van der Waals surface area (Å²) in [6.45, 7) is 0. The molecule has 0 aliphatic rings. The Morgan fingerprint density at radius 3 is 1.00 bits per heavy atom. The minimum atomic E-state index is 0. The van der Waals surface area contributed by atoms with E-state index in [4.69, 9.17) is 0 Å². The average molecular weight is 163 g/mol. The van der Waals surface area contributed by atoms with Gasteiger partial charge >= 0.3 is 0 Å². The van der Waals surface area contributed by atoms with Crippen LogP contribution in [-0.2, 0) is 33.3 Å². The van der Waals surface area contributed by atoms with Crippen LogP contribution in [0.5, 0.6) is 0 Å². The summed E-state index contributed by atoms with van der Waals surface area (Å²) >= 11 is 0. The minimum Gasteiger partial charge on any atom is -0.358 e. The van der Waals surface area contributed by atoms with E-state index in [1.807, 2.05) is 0 Å². The minimum absolute atomic E-state index is 0. The predicted octanol–water partition coefficient (Wildman–Crippen LogP) is -0.739. The second-order valence-electron chi connectivity index (χ2n) is 0. The van der Waals surface area contributed by atoms with Gasteiger partial charge in [0.15, 0.2) is 17.4 Å². The van der Waals surface area contributed by atoms with Crippen LogP contribution in [0, 0.1) is 7.43 Å². The molecule has 0 saturated carbocycles. The fraction of sp³-hybridized carbons (Fsp3) is 0. The van der Waals surface area contributed by atoms with Crippen LogP contribution in [0.2, 0.25) is 0 Å². The van der Waals surface area contributed by atoms with Crippen LogP contribution in [-0.4, -0.2) is 17.4 Å². The summed E-state index contributed by atoms with van der Waals surface area (Å²) < 4.78 is 0. The van der Waals surface area contributed by atoms with Gasteiger partial charge < -0.3 is 7.43 Å². The molecule has 0 aliphatic heterocycles. The van der Waals surface area contributed by atoms with Crippen LogP contribution in [0.4, 0.5) is 0 Å². The molecule has 0 fully saturated rings. The first kappa shape index (κ1) is 48.4. The van der Waals surface area contributed by atoms with Gasteiger partial charge in [-0.2, -0.15) is 0 Å². The zero-order valence-corrected chi connectivity index (χ0v) is 3.68. The molecule has 0 amide bonds. The van der Waals surface area contributed by atoms with Gasteiger partial charge in [-0.25, -0.2) is 0 Å². The molecule has 0 N–H and O–H groups in total. The van der Waals surface area contributed by atoms with Crippen molar-refractivity contribution in [3.05, 3.63) is 7.43 Å². The van der Waals surface area contributed by atoms with Gasteiger partial charge in [-0.1, -0.05) is 0 Å². The Bertz CT molecular complexity index is 8.00. The number of rotatable bonds is 0. The third kappa shape index (κ3) is 9.65. The van der Waals surface area contributed by atoms with Gasteiger partial charge in [0.05, 0.1) is 0 Å². The van der Waals surface area contributed by atoms with Gasteiger partial charge in [0, 0.05) is 33.3 Å². The third-order valence-electron chi connectivity index (χ3n) is 0. The molecular formula is CH6AlCoNi-. The van der Waals surface area contributed by atoms with Gasteiger partial charge in [0.2, 0.25) is 0 Å². The van der Waals surface area contributed by atoms with Crippen LogP contribution < -0.4 is 0 Å². The summed E-state index contributed by atoms with van der Waals surface area (Å²) in [5, 5.41) is 0. The first-order chi connectivity index (χ1) is 0. The van der Waals surface area contributed by atoms with E-state index in [0.29, 0.717) is 0 Å². The molecule has 0 aromatic heterocycles. The fourth-order valence-corrected chi connectivity index (χ4v) is 0. The van der Waals surface area contributed by atoms with E-state index in [1.54, 1.807) is 0 Å². The first-order valence-corrected chi connectivity index (χ1v) is 0. The Balaban J connectivity index is 0. The molecule has 0 saturated heterocycles. The smallest absolute Gasteiger partial charge is 0.187 e. The van der Waals surface area contributed by atoms with Crippen molar-refractivity contribution in [1.82, 2.24) is 0 Å².